The van der Waals surface area contributed by atoms with Crippen molar-refractivity contribution in [3.63, 3.8) is 0 Å². The Labute approximate surface area is 80.7 Å². The average molecular weight is 187 g/mol. The molecule has 4 heteroatoms. The van der Waals surface area contributed by atoms with Gasteiger partial charge in [-0.05, 0) is 12.1 Å². The van der Waals surface area contributed by atoms with Crippen molar-refractivity contribution in [2.45, 2.75) is 6.42 Å². The van der Waals surface area contributed by atoms with Crippen molar-refractivity contribution in [1.82, 2.24) is 4.98 Å². The molecule has 2 aliphatic rings. The number of nitrogens with zero attached hydrogens (tertiary/aromatic N) is 3. The zero-order chi connectivity index (χ0) is 9.38. The van der Waals surface area contributed by atoms with Crippen molar-refractivity contribution in [2.75, 3.05) is 13.2 Å². The molecule has 3 rings (SSSR count). The first-order valence-corrected chi connectivity index (χ1v) is 4.66. The highest BCUT2D eigenvalue weighted by Gasteiger charge is 2.08. The molecule has 0 aliphatic carbocycles. The molecule has 0 atom stereocenters. The van der Waals surface area contributed by atoms with Gasteiger partial charge < -0.3 is 4.74 Å². The van der Waals surface area contributed by atoms with Crippen LogP contribution < -0.4 is 15.6 Å². The maximum Gasteiger partial charge on any atom is 0.241 e. The van der Waals surface area contributed by atoms with E-state index in [9.17, 15) is 0 Å². The fourth-order valence-electron chi connectivity index (χ4n) is 1.56. The van der Waals surface area contributed by atoms with E-state index in [-0.39, 0.29) is 0 Å². The fourth-order valence-corrected chi connectivity index (χ4v) is 1.56. The Morgan fingerprint density at radius 1 is 1.36 bits per heavy atom. The normalized spacial score (nSPS) is 17.1. The lowest BCUT2D eigenvalue weighted by molar-refractivity contribution is 0.304. The van der Waals surface area contributed by atoms with Gasteiger partial charge in [0, 0.05) is 24.7 Å². The van der Waals surface area contributed by atoms with Gasteiger partial charge in [0.15, 0.2) is 5.49 Å². The molecule has 3 heterocycles. The summed E-state index contributed by atoms with van der Waals surface area (Å²) in [4.78, 5) is 12.8. The lowest BCUT2D eigenvalue weighted by Crippen LogP contribution is -2.19. The van der Waals surface area contributed by atoms with Gasteiger partial charge in [0.05, 0.1) is 6.61 Å². The van der Waals surface area contributed by atoms with Gasteiger partial charge in [-0.2, -0.15) is 4.98 Å². The fraction of sp³-hybridized carbons (Fsp3) is 0.300. The maximum atomic E-state index is 5.48. The van der Waals surface area contributed by atoms with Gasteiger partial charge in [-0.1, -0.05) is 0 Å². The molecule has 0 amide bonds. The van der Waals surface area contributed by atoms with Crippen LogP contribution in [0, 0.1) is 0 Å². The van der Waals surface area contributed by atoms with Crippen LogP contribution in [-0.2, 0) is 0 Å². The third-order valence-electron chi connectivity index (χ3n) is 2.25. The van der Waals surface area contributed by atoms with Crippen molar-refractivity contribution in [3.8, 4) is 5.88 Å². The SMILES string of the molecule is C1=Cc2cc3c(nc2=N1)OCCCN=3. The molecule has 2 aliphatic heterocycles. The predicted molar refractivity (Wildman–Crippen MR) is 50.6 cm³/mol. The molecule has 0 bridgehead atoms. The molecular formula is C10H9N3O. The van der Waals surface area contributed by atoms with Crippen LogP contribution in [0.1, 0.15) is 12.0 Å². The number of rotatable bonds is 0. The summed E-state index contributed by atoms with van der Waals surface area (Å²) in [5.41, 5.74) is 1.76. The first kappa shape index (κ1) is 7.67. The molecule has 0 aromatic carbocycles. The van der Waals surface area contributed by atoms with Crippen molar-refractivity contribution in [2.24, 2.45) is 9.98 Å². The smallest absolute Gasteiger partial charge is 0.241 e. The van der Waals surface area contributed by atoms with Gasteiger partial charge in [0.25, 0.3) is 0 Å². The van der Waals surface area contributed by atoms with Crippen molar-refractivity contribution in [3.05, 3.63) is 28.7 Å². The molecule has 14 heavy (non-hydrogen) atoms. The number of aromatic nitrogens is 1. The van der Waals surface area contributed by atoms with E-state index in [1.54, 1.807) is 6.20 Å². The van der Waals surface area contributed by atoms with Gasteiger partial charge in [-0.15, -0.1) is 0 Å². The van der Waals surface area contributed by atoms with Crippen LogP contribution in [0.4, 0.5) is 0 Å². The Kier molecular flexibility index (Phi) is 1.59. The number of fused-ring (bicyclic) bond motifs is 2. The molecular weight excluding hydrogens is 178 g/mol. The van der Waals surface area contributed by atoms with Crippen LogP contribution in [-0.4, -0.2) is 18.1 Å². The van der Waals surface area contributed by atoms with E-state index in [4.69, 9.17) is 4.74 Å². The number of pyridine rings is 1. The monoisotopic (exact) mass is 187 g/mol. The van der Waals surface area contributed by atoms with E-state index >= 15 is 0 Å². The molecule has 1 aromatic heterocycles. The second-order valence-corrected chi connectivity index (χ2v) is 3.25. The maximum absolute atomic E-state index is 5.48. The summed E-state index contributed by atoms with van der Waals surface area (Å²) >= 11 is 0. The highest BCUT2D eigenvalue weighted by Crippen LogP contribution is 2.04. The van der Waals surface area contributed by atoms with Gasteiger partial charge in [-0.3, -0.25) is 4.99 Å². The van der Waals surface area contributed by atoms with Crippen LogP contribution in [0.2, 0.25) is 0 Å². The molecule has 0 N–H and O–H groups in total. The van der Waals surface area contributed by atoms with Gasteiger partial charge in [-0.25, -0.2) is 4.99 Å². The molecule has 0 spiro atoms. The van der Waals surface area contributed by atoms with Crippen molar-refractivity contribution < 1.29 is 4.74 Å². The number of hydrogen-bond acceptors (Lipinski definition) is 4. The highest BCUT2D eigenvalue weighted by atomic mass is 16.5. The summed E-state index contributed by atoms with van der Waals surface area (Å²) in [6, 6.07) is 1.98. The first-order chi connectivity index (χ1) is 6.93. The highest BCUT2D eigenvalue weighted by molar-refractivity contribution is 5.50. The Balaban J connectivity index is 2.28. The third-order valence-corrected chi connectivity index (χ3v) is 2.25. The van der Waals surface area contributed by atoms with Crippen LogP contribution in [0.25, 0.3) is 6.08 Å². The first-order valence-electron chi connectivity index (χ1n) is 4.66. The van der Waals surface area contributed by atoms with E-state index in [2.05, 4.69) is 15.0 Å². The van der Waals surface area contributed by atoms with Crippen molar-refractivity contribution >= 4 is 6.08 Å². The second kappa shape index (κ2) is 2.90. The average Bonchev–Trinajstić information content (AvgIpc) is 2.51. The lowest BCUT2D eigenvalue weighted by Gasteiger charge is -2.00. The molecule has 0 fully saturated rings. The van der Waals surface area contributed by atoms with Gasteiger partial charge >= 0.3 is 0 Å². The van der Waals surface area contributed by atoms with E-state index in [1.807, 2.05) is 12.1 Å². The van der Waals surface area contributed by atoms with E-state index in [1.165, 1.54) is 0 Å². The van der Waals surface area contributed by atoms with E-state index in [0.717, 1.165) is 29.4 Å². The molecule has 0 saturated carbocycles. The molecule has 0 radical (unpaired) electrons. The molecule has 70 valence electrons. The minimum atomic E-state index is 0.619. The van der Waals surface area contributed by atoms with Gasteiger partial charge in [0.2, 0.25) is 5.88 Å². The van der Waals surface area contributed by atoms with Crippen LogP contribution >= 0.6 is 0 Å². The van der Waals surface area contributed by atoms with Crippen molar-refractivity contribution in [1.29, 1.82) is 0 Å². The Bertz CT molecular complexity index is 519. The van der Waals surface area contributed by atoms with Gasteiger partial charge in [0.1, 0.15) is 5.36 Å². The van der Waals surface area contributed by atoms with Crippen LogP contribution in [0.5, 0.6) is 5.88 Å². The minimum Gasteiger partial charge on any atom is -0.476 e. The van der Waals surface area contributed by atoms with Crippen LogP contribution in [0.15, 0.2) is 22.3 Å². The summed E-state index contributed by atoms with van der Waals surface area (Å²) in [5.74, 6) is 0.619. The Morgan fingerprint density at radius 3 is 3.36 bits per heavy atom. The number of hydrogen-bond donors (Lipinski definition) is 0. The number of ether oxygens (including phenoxy) is 1. The lowest BCUT2D eigenvalue weighted by atomic mass is 10.3. The third kappa shape index (κ3) is 1.11. The Hall–Kier alpha value is -1.71. The largest absolute Gasteiger partial charge is 0.476 e. The Morgan fingerprint density at radius 2 is 2.36 bits per heavy atom. The standard InChI is InChI=1S/C10H9N3O/c1-3-11-8-6-7-2-4-12-9(7)13-10(8)14-5-1/h2,4,6H,1,3,5H2. The molecule has 1 aromatic rings. The van der Waals surface area contributed by atoms with Crippen LogP contribution in [0.3, 0.4) is 0 Å². The summed E-state index contributed by atoms with van der Waals surface area (Å²) in [7, 11) is 0. The molecule has 0 unspecified atom stereocenters. The summed E-state index contributed by atoms with van der Waals surface area (Å²) in [5, 5.41) is 0.850. The predicted octanol–water partition coefficient (Wildman–Crippen LogP) is 0.0876. The zero-order valence-electron chi connectivity index (χ0n) is 7.60. The quantitative estimate of drug-likeness (QED) is 0.577. The van der Waals surface area contributed by atoms with E-state index in [0.29, 0.717) is 12.5 Å². The topological polar surface area (TPSA) is 46.8 Å². The zero-order valence-corrected chi connectivity index (χ0v) is 7.60. The molecule has 0 saturated heterocycles. The minimum absolute atomic E-state index is 0.619. The second-order valence-electron chi connectivity index (χ2n) is 3.25. The summed E-state index contributed by atoms with van der Waals surface area (Å²) < 4.78 is 5.48. The summed E-state index contributed by atoms with van der Waals surface area (Å²) in [6.07, 6.45) is 4.63. The van der Waals surface area contributed by atoms with E-state index < -0.39 is 0 Å². The summed E-state index contributed by atoms with van der Waals surface area (Å²) in [6.45, 7) is 1.50. The molecule has 4 nitrogen and oxygen atoms in total.